The largest absolute Gasteiger partial charge is 0.460 e. The van der Waals surface area contributed by atoms with E-state index >= 15 is 0 Å². The summed E-state index contributed by atoms with van der Waals surface area (Å²) >= 11 is 0. The van der Waals surface area contributed by atoms with Crippen LogP contribution in [0.4, 0.5) is 0 Å². The Balaban J connectivity index is 1.53. The average molecular weight is 401 g/mol. The zero-order chi connectivity index (χ0) is 20.1. The quantitative estimate of drug-likeness (QED) is 0.592. The SMILES string of the molecule is CCOCCOc1nc(-c2ccc3c(c2)OCO3)n(C(=O)CCC2CCCC2)n1. The first kappa shape index (κ1) is 19.7. The summed E-state index contributed by atoms with van der Waals surface area (Å²) in [6.07, 6.45) is 6.30. The Morgan fingerprint density at radius 1 is 1.21 bits per heavy atom. The molecular formula is C21H27N3O5. The molecular weight excluding hydrogens is 374 g/mol. The van der Waals surface area contributed by atoms with E-state index in [9.17, 15) is 4.79 Å². The third-order valence-electron chi connectivity index (χ3n) is 5.36. The van der Waals surface area contributed by atoms with E-state index in [-0.39, 0.29) is 18.7 Å². The number of carbonyl (C=O) groups is 1. The van der Waals surface area contributed by atoms with Gasteiger partial charge in [0.15, 0.2) is 17.3 Å². The molecule has 0 atom stereocenters. The summed E-state index contributed by atoms with van der Waals surface area (Å²) in [7, 11) is 0. The fraction of sp³-hybridized carbons (Fsp3) is 0.571. The molecule has 8 heteroatoms. The Hall–Kier alpha value is -2.61. The standard InChI is InChI=1S/C21H27N3O5/c1-2-26-11-12-27-21-22-20(16-8-9-17-18(13-16)29-14-28-17)24(23-21)19(25)10-7-15-5-3-4-6-15/h8-9,13,15H,2-7,10-12,14H2,1H3. The van der Waals surface area contributed by atoms with Gasteiger partial charge in [0.2, 0.25) is 12.7 Å². The smallest absolute Gasteiger partial charge is 0.336 e. The molecule has 156 valence electrons. The summed E-state index contributed by atoms with van der Waals surface area (Å²) in [6.45, 7) is 3.51. The normalized spacial score (nSPS) is 15.8. The molecule has 0 saturated heterocycles. The van der Waals surface area contributed by atoms with Gasteiger partial charge >= 0.3 is 6.01 Å². The van der Waals surface area contributed by atoms with E-state index in [2.05, 4.69) is 10.1 Å². The maximum absolute atomic E-state index is 12.9. The van der Waals surface area contributed by atoms with Gasteiger partial charge in [0.25, 0.3) is 0 Å². The summed E-state index contributed by atoms with van der Waals surface area (Å²) < 4.78 is 23.1. The van der Waals surface area contributed by atoms with Crippen molar-refractivity contribution in [3.63, 3.8) is 0 Å². The number of hydrogen-bond acceptors (Lipinski definition) is 7. The van der Waals surface area contributed by atoms with Crippen molar-refractivity contribution in [1.29, 1.82) is 0 Å². The van der Waals surface area contributed by atoms with Crippen LogP contribution in [0.15, 0.2) is 18.2 Å². The predicted molar refractivity (Wildman–Crippen MR) is 105 cm³/mol. The molecule has 1 saturated carbocycles. The number of carbonyl (C=O) groups excluding carboxylic acids is 1. The van der Waals surface area contributed by atoms with Crippen molar-refractivity contribution in [2.45, 2.75) is 45.4 Å². The maximum Gasteiger partial charge on any atom is 0.336 e. The second kappa shape index (κ2) is 9.26. The molecule has 1 aromatic carbocycles. The third-order valence-corrected chi connectivity index (χ3v) is 5.36. The molecule has 1 aliphatic carbocycles. The number of aromatic nitrogens is 3. The Bertz CT molecular complexity index is 845. The monoisotopic (exact) mass is 401 g/mol. The fourth-order valence-electron chi connectivity index (χ4n) is 3.82. The van der Waals surface area contributed by atoms with Crippen LogP contribution >= 0.6 is 0 Å². The van der Waals surface area contributed by atoms with Crippen LogP contribution in [0.1, 0.15) is 50.2 Å². The summed E-state index contributed by atoms with van der Waals surface area (Å²) in [5.74, 6) is 2.33. The fourth-order valence-corrected chi connectivity index (χ4v) is 3.82. The maximum atomic E-state index is 12.9. The van der Waals surface area contributed by atoms with Crippen molar-refractivity contribution in [2.75, 3.05) is 26.6 Å². The first-order chi connectivity index (χ1) is 14.2. The lowest BCUT2D eigenvalue weighted by Crippen LogP contribution is -2.15. The molecule has 2 aromatic rings. The van der Waals surface area contributed by atoms with Crippen molar-refractivity contribution in [1.82, 2.24) is 14.8 Å². The molecule has 1 fully saturated rings. The molecule has 0 radical (unpaired) electrons. The summed E-state index contributed by atoms with van der Waals surface area (Å²) in [6, 6.07) is 5.65. The Morgan fingerprint density at radius 3 is 2.86 bits per heavy atom. The molecule has 0 unspecified atom stereocenters. The highest BCUT2D eigenvalue weighted by molar-refractivity contribution is 5.82. The lowest BCUT2D eigenvalue weighted by atomic mass is 10.0. The van der Waals surface area contributed by atoms with E-state index in [1.165, 1.54) is 30.4 Å². The Labute approximate surface area is 170 Å². The summed E-state index contributed by atoms with van der Waals surface area (Å²) in [5, 5.41) is 4.33. The van der Waals surface area contributed by atoms with E-state index in [0.717, 1.165) is 12.0 Å². The minimum Gasteiger partial charge on any atom is -0.460 e. The van der Waals surface area contributed by atoms with Crippen LogP contribution in [0.2, 0.25) is 0 Å². The highest BCUT2D eigenvalue weighted by Gasteiger charge is 2.23. The summed E-state index contributed by atoms with van der Waals surface area (Å²) in [4.78, 5) is 17.4. The zero-order valence-corrected chi connectivity index (χ0v) is 16.8. The molecule has 1 aliphatic heterocycles. The Kier molecular flexibility index (Phi) is 6.29. The molecule has 0 N–H and O–H groups in total. The van der Waals surface area contributed by atoms with E-state index in [4.69, 9.17) is 18.9 Å². The van der Waals surface area contributed by atoms with Gasteiger partial charge in [0.05, 0.1) is 6.61 Å². The van der Waals surface area contributed by atoms with E-state index in [1.807, 2.05) is 25.1 Å². The first-order valence-corrected chi connectivity index (χ1v) is 10.4. The van der Waals surface area contributed by atoms with Gasteiger partial charge in [-0.1, -0.05) is 25.7 Å². The van der Waals surface area contributed by atoms with Gasteiger partial charge in [0.1, 0.15) is 6.61 Å². The molecule has 0 bridgehead atoms. The number of fused-ring (bicyclic) bond motifs is 1. The van der Waals surface area contributed by atoms with Crippen LogP contribution in [0, 0.1) is 5.92 Å². The van der Waals surface area contributed by atoms with Crippen LogP contribution in [0.5, 0.6) is 17.5 Å². The number of rotatable bonds is 9. The van der Waals surface area contributed by atoms with Crippen molar-refractivity contribution < 1.29 is 23.7 Å². The molecule has 1 aromatic heterocycles. The molecule has 4 rings (SSSR count). The number of hydrogen-bond donors (Lipinski definition) is 0. The van der Waals surface area contributed by atoms with Gasteiger partial charge < -0.3 is 18.9 Å². The third kappa shape index (κ3) is 4.70. The highest BCUT2D eigenvalue weighted by Crippen LogP contribution is 2.36. The molecule has 2 aliphatic rings. The van der Waals surface area contributed by atoms with Gasteiger partial charge in [-0.15, -0.1) is 5.10 Å². The van der Waals surface area contributed by atoms with E-state index in [1.54, 1.807) is 0 Å². The predicted octanol–water partition coefficient (Wildman–Crippen LogP) is 3.70. The van der Waals surface area contributed by atoms with E-state index < -0.39 is 0 Å². The lowest BCUT2D eigenvalue weighted by molar-refractivity contribution is 0.0872. The van der Waals surface area contributed by atoms with Crippen LogP contribution in [-0.2, 0) is 4.74 Å². The molecule has 0 amide bonds. The minimum absolute atomic E-state index is 0.0725. The van der Waals surface area contributed by atoms with Crippen molar-refractivity contribution in [3.05, 3.63) is 18.2 Å². The topological polar surface area (TPSA) is 84.7 Å². The highest BCUT2D eigenvalue weighted by atomic mass is 16.7. The minimum atomic E-state index is -0.0725. The second-order valence-electron chi connectivity index (χ2n) is 7.33. The van der Waals surface area contributed by atoms with Crippen molar-refractivity contribution in [3.8, 4) is 28.9 Å². The molecule has 29 heavy (non-hydrogen) atoms. The van der Waals surface area contributed by atoms with Gasteiger partial charge in [-0.3, -0.25) is 4.79 Å². The van der Waals surface area contributed by atoms with Gasteiger partial charge in [-0.05, 0) is 37.5 Å². The zero-order valence-electron chi connectivity index (χ0n) is 16.8. The van der Waals surface area contributed by atoms with Crippen LogP contribution in [-0.4, -0.2) is 47.3 Å². The number of nitrogens with zero attached hydrogens (tertiary/aromatic N) is 3. The van der Waals surface area contributed by atoms with Gasteiger partial charge in [-0.2, -0.15) is 9.67 Å². The first-order valence-electron chi connectivity index (χ1n) is 10.4. The average Bonchev–Trinajstić information content (AvgIpc) is 3.49. The number of ether oxygens (including phenoxy) is 4. The van der Waals surface area contributed by atoms with Gasteiger partial charge in [0, 0.05) is 18.6 Å². The van der Waals surface area contributed by atoms with Crippen LogP contribution in [0.25, 0.3) is 11.4 Å². The number of benzene rings is 1. The van der Waals surface area contributed by atoms with Crippen LogP contribution in [0.3, 0.4) is 0 Å². The van der Waals surface area contributed by atoms with Crippen molar-refractivity contribution in [2.24, 2.45) is 5.92 Å². The molecule has 2 heterocycles. The van der Waals surface area contributed by atoms with E-state index in [0.29, 0.717) is 49.5 Å². The molecule has 0 spiro atoms. The van der Waals surface area contributed by atoms with Crippen LogP contribution < -0.4 is 14.2 Å². The summed E-state index contributed by atoms with van der Waals surface area (Å²) in [5.41, 5.74) is 0.732. The van der Waals surface area contributed by atoms with Crippen molar-refractivity contribution >= 4 is 5.91 Å². The Morgan fingerprint density at radius 2 is 2.03 bits per heavy atom. The van der Waals surface area contributed by atoms with Gasteiger partial charge in [-0.25, -0.2) is 0 Å². The molecule has 8 nitrogen and oxygen atoms in total. The lowest BCUT2D eigenvalue weighted by Gasteiger charge is -2.09. The second-order valence-corrected chi connectivity index (χ2v) is 7.33.